The molecular weight excluding hydrogens is 262 g/mol. The fraction of sp³-hybridized carbons (Fsp3) is 0.611. The lowest BCUT2D eigenvalue weighted by molar-refractivity contribution is -0.149. The minimum atomic E-state index is -0.00377. The van der Waals surface area contributed by atoms with Gasteiger partial charge < -0.3 is 10.5 Å². The van der Waals surface area contributed by atoms with Gasteiger partial charge in [-0.05, 0) is 56.6 Å². The fourth-order valence-electron chi connectivity index (χ4n) is 4.14. The van der Waals surface area contributed by atoms with Gasteiger partial charge >= 0.3 is 5.97 Å². The maximum absolute atomic E-state index is 12.2. The summed E-state index contributed by atoms with van der Waals surface area (Å²) < 4.78 is 5.08. The second-order valence-corrected chi connectivity index (χ2v) is 6.24. The molecule has 0 saturated heterocycles. The van der Waals surface area contributed by atoms with Crippen molar-refractivity contribution in [2.45, 2.75) is 38.5 Å². The SMILES string of the molecule is CN.COC(=O)[C@@H]1C2CCC(C2)CC1c1ccc(C)cc1. The van der Waals surface area contributed by atoms with Crippen molar-refractivity contribution in [2.24, 2.45) is 23.5 Å². The summed E-state index contributed by atoms with van der Waals surface area (Å²) in [6, 6.07) is 8.70. The first-order chi connectivity index (χ1) is 10.2. The van der Waals surface area contributed by atoms with Crippen LogP contribution in [0.2, 0.25) is 0 Å². The predicted octanol–water partition coefficient (Wildman–Crippen LogP) is 3.26. The Hall–Kier alpha value is -1.35. The molecule has 3 unspecified atom stereocenters. The first-order valence-electron chi connectivity index (χ1n) is 7.91. The number of fused-ring (bicyclic) bond motifs is 2. The lowest BCUT2D eigenvalue weighted by atomic mass is 9.69. The van der Waals surface area contributed by atoms with Crippen LogP contribution < -0.4 is 5.73 Å². The molecule has 1 aromatic carbocycles. The summed E-state index contributed by atoms with van der Waals surface area (Å²) in [5, 5.41) is 0. The van der Waals surface area contributed by atoms with Crippen LogP contribution in [0.3, 0.4) is 0 Å². The Bertz CT molecular complexity index is 469. The van der Waals surface area contributed by atoms with Crippen molar-refractivity contribution in [1.82, 2.24) is 0 Å². The van der Waals surface area contributed by atoms with Gasteiger partial charge in [0.1, 0.15) is 0 Å². The number of benzene rings is 1. The molecule has 2 fully saturated rings. The molecule has 0 aliphatic heterocycles. The molecule has 2 saturated carbocycles. The van der Waals surface area contributed by atoms with Gasteiger partial charge in [0, 0.05) is 0 Å². The summed E-state index contributed by atoms with van der Waals surface area (Å²) in [4.78, 5) is 12.2. The van der Waals surface area contributed by atoms with Crippen LogP contribution in [-0.2, 0) is 9.53 Å². The number of hydrogen-bond acceptors (Lipinski definition) is 3. The standard InChI is InChI=1S/C17H22O2.CH5N/c1-11-3-6-13(7-4-11)15-10-12-5-8-14(9-12)16(15)17(18)19-2;1-2/h3-4,6-7,12,14-16H,5,8-10H2,1-2H3;2H2,1H3/t12?,14?,15?,16-;/m1./s1. The summed E-state index contributed by atoms with van der Waals surface area (Å²) in [7, 11) is 3.02. The molecule has 21 heavy (non-hydrogen) atoms. The molecule has 2 aliphatic carbocycles. The smallest absolute Gasteiger partial charge is 0.309 e. The number of methoxy groups -OCH3 is 1. The fourth-order valence-corrected chi connectivity index (χ4v) is 4.14. The van der Waals surface area contributed by atoms with E-state index in [0.717, 1.165) is 12.3 Å². The average molecular weight is 289 g/mol. The lowest BCUT2D eigenvalue weighted by Crippen LogP contribution is -2.33. The van der Waals surface area contributed by atoms with Crippen molar-refractivity contribution in [3.63, 3.8) is 0 Å². The summed E-state index contributed by atoms with van der Waals surface area (Å²) in [5.41, 5.74) is 7.09. The zero-order valence-corrected chi connectivity index (χ0v) is 13.3. The molecule has 0 aromatic heterocycles. The van der Waals surface area contributed by atoms with Gasteiger partial charge in [0.25, 0.3) is 0 Å². The largest absolute Gasteiger partial charge is 0.469 e. The second kappa shape index (κ2) is 7.08. The average Bonchev–Trinajstić information content (AvgIpc) is 2.90. The highest BCUT2D eigenvalue weighted by molar-refractivity contribution is 5.74. The quantitative estimate of drug-likeness (QED) is 0.850. The first-order valence-corrected chi connectivity index (χ1v) is 7.91. The van der Waals surface area contributed by atoms with Crippen LogP contribution in [0.1, 0.15) is 42.7 Å². The lowest BCUT2D eigenvalue weighted by Gasteiger charge is -2.35. The van der Waals surface area contributed by atoms with Gasteiger partial charge in [0.05, 0.1) is 13.0 Å². The highest BCUT2D eigenvalue weighted by Gasteiger charge is 2.46. The normalized spacial score (nSPS) is 30.3. The molecule has 3 heteroatoms. The molecule has 3 rings (SSSR count). The summed E-state index contributed by atoms with van der Waals surface area (Å²) >= 11 is 0. The third kappa shape index (κ3) is 3.29. The zero-order chi connectivity index (χ0) is 15.4. The van der Waals surface area contributed by atoms with E-state index in [0.29, 0.717) is 11.8 Å². The number of carbonyl (C=O) groups excluding carboxylic acids is 1. The number of nitrogens with two attached hydrogens (primary N) is 1. The van der Waals surface area contributed by atoms with Crippen molar-refractivity contribution in [1.29, 1.82) is 0 Å². The number of rotatable bonds is 2. The Labute approximate surface area is 127 Å². The van der Waals surface area contributed by atoms with Gasteiger partial charge in [0.15, 0.2) is 0 Å². The monoisotopic (exact) mass is 289 g/mol. The van der Waals surface area contributed by atoms with E-state index in [4.69, 9.17) is 4.74 Å². The molecule has 116 valence electrons. The van der Waals surface area contributed by atoms with Gasteiger partial charge in [-0.15, -0.1) is 0 Å². The van der Waals surface area contributed by atoms with E-state index >= 15 is 0 Å². The number of carbonyl (C=O) groups is 1. The third-order valence-electron chi connectivity index (χ3n) is 5.09. The molecule has 0 amide bonds. The van der Waals surface area contributed by atoms with Gasteiger partial charge in [0.2, 0.25) is 0 Å². The van der Waals surface area contributed by atoms with Crippen LogP contribution in [-0.4, -0.2) is 20.1 Å². The molecule has 4 atom stereocenters. The van der Waals surface area contributed by atoms with Gasteiger partial charge in [-0.3, -0.25) is 4.79 Å². The molecular formula is C18H27NO2. The number of hydrogen-bond donors (Lipinski definition) is 1. The van der Waals surface area contributed by atoms with E-state index < -0.39 is 0 Å². The highest BCUT2D eigenvalue weighted by atomic mass is 16.5. The Balaban J connectivity index is 0.000000774. The Morgan fingerprint density at radius 2 is 1.81 bits per heavy atom. The predicted molar refractivity (Wildman–Crippen MR) is 85.0 cm³/mol. The molecule has 2 aliphatic rings. The van der Waals surface area contributed by atoms with E-state index in [1.54, 1.807) is 0 Å². The third-order valence-corrected chi connectivity index (χ3v) is 5.09. The Morgan fingerprint density at radius 3 is 2.43 bits per heavy atom. The number of esters is 1. The highest BCUT2D eigenvalue weighted by Crippen LogP contribution is 2.52. The van der Waals surface area contributed by atoms with Crippen LogP contribution in [0.25, 0.3) is 0 Å². The molecule has 2 bridgehead atoms. The van der Waals surface area contributed by atoms with Crippen molar-refractivity contribution >= 4 is 5.97 Å². The molecule has 1 aromatic rings. The summed E-state index contributed by atoms with van der Waals surface area (Å²) in [5.74, 6) is 1.79. The number of ether oxygens (including phenoxy) is 1. The van der Waals surface area contributed by atoms with Crippen molar-refractivity contribution in [2.75, 3.05) is 14.2 Å². The van der Waals surface area contributed by atoms with Crippen LogP contribution in [0, 0.1) is 24.7 Å². The summed E-state index contributed by atoms with van der Waals surface area (Å²) in [6.45, 7) is 2.10. The van der Waals surface area contributed by atoms with Crippen molar-refractivity contribution in [3.05, 3.63) is 35.4 Å². The molecule has 0 heterocycles. The van der Waals surface area contributed by atoms with Crippen molar-refractivity contribution in [3.8, 4) is 0 Å². The minimum absolute atomic E-state index is 0.00377. The van der Waals surface area contributed by atoms with Crippen molar-refractivity contribution < 1.29 is 9.53 Å². The van der Waals surface area contributed by atoms with Crippen LogP contribution in [0.5, 0.6) is 0 Å². The first kappa shape index (κ1) is 16.0. The maximum atomic E-state index is 12.2. The van der Waals surface area contributed by atoms with Gasteiger partial charge in [-0.25, -0.2) is 0 Å². The molecule has 2 N–H and O–H groups in total. The zero-order valence-electron chi connectivity index (χ0n) is 13.3. The van der Waals surface area contributed by atoms with E-state index in [9.17, 15) is 4.79 Å². The van der Waals surface area contributed by atoms with E-state index in [1.807, 2.05) is 0 Å². The van der Waals surface area contributed by atoms with Gasteiger partial charge in [-0.1, -0.05) is 36.2 Å². The summed E-state index contributed by atoms with van der Waals surface area (Å²) in [6.07, 6.45) is 4.87. The maximum Gasteiger partial charge on any atom is 0.309 e. The molecule has 0 radical (unpaired) electrons. The Morgan fingerprint density at radius 1 is 1.14 bits per heavy atom. The van der Waals surface area contributed by atoms with E-state index in [1.165, 1.54) is 44.5 Å². The topological polar surface area (TPSA) is 52.3 Å². The van der Waals surface area contributed by atoms with Crippen LogP contribution >= 0.6 is 0 Å². The van der Waals surface area contributed by atoms with Crippen LogP contribution in [0.4, 0.5) is 0 Å². The van der Waals surface area contributed by atoms with E-state index in [-0.39, 0.29) is 11.9 Å². The van der Waals surface area contributed by atoms with E-state index in [2.05, 4.69) is 36.9 Å². The van der Waals surface area contributed by atoms with Gasteiger partial charge in [-0.2, -0.15) is 0 Å². The minimum Gasteiger partial charge on any atom is -0.469 e. The molecule has 3 nitrogen and oxygen atoms in total. The molecule has 0 spiro atoms. The second-order valence-electron chi connectivity index (χ2n) is 6.24. The Kier molecular flexibility index (Phi) is 5.40. The number of aryl methyl sites for hydroxylation is 1. The van der Waals surface area contributed by atoms with Crippen LogP contribution in [0.15, 0.2) is 24.3 Å².